The highest BCUT2D eigenvalue weighted by Gasteiger charge is 2.27. The molecular formula is C34H33FN4O2S2. The number of aromatic nitrogens is 2. The van der Waals surface area contributed by atoms with Crippen molar-refractivity contribution >= 4 is 39.7 Å². The Bertz CT molecular complexity index is 1750. The third-order valence-corrected chi connectivity index (χ3v) is 9.36. The molecule has 5 aromatic rings. The Kier molecular flexibility index (Phi) is 9.04. The zero-order valence-electron chi connectivity index (χ0n) is 24.0. The number of fused-ring (bicyclic) bond motifs is 1. The molecule has 0 N–H and O–H groups in total. The molecule has 43 heavy (non-hydrogen) atoms. The molecule has 9 heteroatoms. The normalized spacial score (nSPS) is 14.6. The van der Waals surface area contributed by atoms with Crippen LogP contribution in [0.3, 0.4) is 0 Å². The number of carbonyl (C=O) groups excluding carboxylic acids is 1. The number of thiophene rings is 1. The number of benzene rings is 3. The third kappa shape index (κ3) is 6.60. The van der Waals surface area contributed by atoms with Gasteiger partial charge in [-0.05, 0) is 59.3 Å². The van der Waals surface area contributed by atoms with E-state index in [9.17, 15) is 9.18 Å². The highest BCUT2D eigenvalue weighted by Crippen LogP contribution is 2.30. The molecule has 1 unspecified atom stereocenters. The second-order valence-corrected chi connectivity index (χ2v) is 12.0. The van der Waals surface area contributed by atoms with Gasteiger partial charge in [0.2, 0.25) is 5.91 Å². The van der Waals surface area contributed by atoms with Crippen LogP contribution in [-0.4, -0.2) is 64.7 Å². The number of ether oxygens (including phenoxy) is 1. The SMILES string of the molecule is CC(c1nc2ccsc2c(=S)n1-c1ccc(F)cc1)N(CCN1CCOCC1)C(=O)Cc1ccc(-c2ccccc2)cc1. The third-order valence-electron chi connectivity index (χ3n) is 7.93. The molecule has 0 radical (unpaired) electrons. The van der Waals surface area contributed by atoms with Crippen LogP contribution in [0.2, 0.25) is 0 Å². The number of hydrogen-bond donors (Lipinski definition) is 0. The lowest BCUT2D eigenvalue weighted by molar-refractivity contribution is -0.133. The van der Waals surface area contributed by atoms with Gasteiger partial charge in [0.25, 0.3) is 0 Å². The maximum Gasteiger partial charge on any atom is 0.227 e. The second kappa shape index (κ2) is 13.3. The molecule has 1 fully saturated rings. The van der Waals surface area contributed by atoms with Crippen molar-refractivity contribution < 1.29 is 13.9 Å². The Morgan fingerprint density at radius 1 is 1.00 bits per heavy atom. The lowest BCUT2D eigenvalue weighted by atomic mass is 10.0. The van der Waals surface area contributed by atoms with E-state index in [4.69, 9.17) is 21.9 Å². The number of halogens is 1. The molecule has 0 bridgehead atoms. The number of carbonyl (C=O) groups is 1. The average Bonchev–Trinajstić information content (AvgIpc) is 3.52. The van der Waals surface area contributed by atoms with E-state index in [1.165, 1.54) is 23.5 Å². The molecule has 1 saturated heterocycles. The van der Waals surface area contributed by atoms with Gasteiger partial charge in [0.15, 0.2) is 0 Å². The fraction of sp³-hybridized carbons (Fsp3) is 0.265. The first-order chi connectivity index (χ1) is 21.0. The maximum atomic E-state index is 14.1. The van der Waals surface area contributed by atoms with Gasteiger partial charge in [-0.15, -0.1) is 11.3 Å². The van der Waals surface area contributed by atoms with Crippen LogP contribution in [0.1, 0.15) is 24.4 Å². The monoisotopic (exact) mass is 612 g/mol. The predicted molar refractivity (Wildman–Crippen MR) is 173 cm³/mol. The molecule has 6 rings (SSSR count). The Morgan fingerprint density at radius 3 is 2.42 bits per heavy atom. The van der Waals surface area contributed by atoms with Crippen LogP contribution in [0.15, 0.2) is 90.3 Å². The summed E-state index contributed by atoms with van der Waals surface area (Å²) in [6.45, 7) is 6.32. The Balaban J connectivity index is 1.34. The van der Waals surface area contributed by atoms with E-state index in [0.717, 1.165) is 46.5 Å². The Hall–Kier alpha value is -3.76. The number of morpholine rings is 1. The van der Waals surface area contributed by atoms with E-state index in [1.807, 2.05) is 58.2 Å². The number of rotatable bonds is 9. The molecule has 6 nitrogen and oxygen atoms in total. The van der Waals surface area contributed by atoms with Crippen LogP contribution >= 0.6 is 23.6 Å². The van der Waals surface area contributed by atoms with Gasteiger partial charge in [-0.2, -0.15) is 0 Å². The highest BCUT2D eigenvalue weighted by molar-refractivity contribution is 7.71. The molecular weight excluding hydrogens is 580 g/mol. The van der Waals surface area contributed by atoms with Crippen molar-refractivity contribution in [3.05, 3.63) is 112 Å². The van der Waals surface area contributed by atoms with Crippen LogP contribution in [0, 0.1) is 10.5 Å². The van der Waals surface area contributed by atoms with Crippen molar-refractivity contribution in [2.75, 3.05) is 39.4 Å². The van der Waals surface area contributed by atoms with Crippen molar-refractivity contribution in [1.82, 2.24) is 19.4 Å². The van der Waals surface area contributed by atoms with Crippen LogP contribution < -0.4 is 0 Å². The summed E-state index contributed by atoms with van der Waals surface area (Å²) in [5.74, 6) is 0.338. The summed E-state index contributed by atoms with van der Waals surface area (Å²) in [7, 11) is 0. The van der Waals surface area contributed by atoms with Crippen LogP contribution in [0.25, 0.3) is 27.0 Å². The minimum Gasteiger partial charge on any atom is -0.379 e. The molecule has 1 amide bonds. The molecule has 0 spiro atoms. The van der Waals surface area contributed by atoms with E-state index in [1.54, 1.807) is 12.1 Å². The zero-order chi connectivity index (χ0) is 29.8. The predicted octanol–water partition coefficient (Wildman–Crippen LogP) is 7.09. The van der Waals surface area contributed by atoms with Crippen molar-refractivity contribution in [1.29, 1.82) is 0 Å². The number of hydrogen-bond acceptors (Lipinski definition) is 6. The van der Waals surface area contributed by atoms with Crippen molar-refractivity contribution in [2.24, 2.45) is 0 Å². The first-order valence-corrected chi connectivity index (χ1v) is 15.8. The van der Waals surface area contributed by atoms with E-state index >= 15 is 0 Å². The topological polar surface area (TPSA) is 50.6 Å². The van der Waals surface area contributed by atoms with Crippen LogP contribution in [-0.2, 0) is 16.0 Å². The Labute approximate surface area is 260 Å². The van der Waals surface area contributed by atoms with Gasteiger partial charge in [-0.3, -0.25) is 14.3 Å². The summed E-state index contributed by atoms with van der Waals surface area (Å²) in [4.78, 5) is 23.4. The molecule has 3 aromatic carbocycles. The summed E-state index contributed by atoms with van der Waals surface area (Å²) in [5.41, 5.74) is 4.72. The summed E-state index contributed by atoms with van der Waals surface area (Å²) in [5, 5.41) is 1.97. The minimum atomic E-state index is -0.395. The first-order valence-electron chi connectivity index (χ1n) is 14.5. The van der Waals surface area contributed by atoms with Gasteiger partial charge >= 0.3 is 0 Å². The number of nitrogens with zero attached hydrogens (tertiary/aromatic N) is 4. The summed E-state index contributed by atoms with van der Waals surface area (Å²) >= 11 is 7.49. The minimum absolute atomic E-state index is 0.0111. The molecule has 1 atom stereocenters. The first kappa shape index (κ1) is 29.3. The summed E-state index contributed by atoms with van der Waals surface area (Å²) in [6.07, 6.45) is 0.264. The van der Waals surface area contributed by atoms with E-state index in [-0.39, 0.29) is 18.1 Å². The maximum absolute atomic E-state index is 14.1. The molecule has 0 aliphatic carbocycles. The van der Waals surface area contributed by atoms with E-state index in [0.29, 0.717) is 35.9 Å². The van der Waals surface area contributed by atoms with Crippen molar-refractivity contribution in [3.63, 3.8) is 0 Å². The molecule has 0 saturated carbocycles. The standard InChI is InChI=1S/C34H33FN4O2S2/c1-24(33-36-30-15-22-43-32(30)34(42)39(33)29-13-11-28(35)12-14-29)38(17-16-37-18-20-41-21-19-37)31(40)23-25-7-9-27(10-8-25)26-5-3-2-4-6-26/h2-15,22,24H,16-21,23H2,1H3. The van der Waals surface area contributed by atoms with E-state index < -0.39 is 6.04 Å². The zero-order valence-corrected chi connectivity index (χ0v) is 25.6. The number of amides is 1. The van der Waals surface area contributed by atoms with Crippen LogP contribution in [0.5, 0.6) is 0 Å². The Morgan fingerprint density at radius 2 is 1.70 bits per heavy atom. The molecule has 1 aliphatic rings. The quantitative estimate of drug-likeness (QED) is 0.167. The fourth-order valence-corrected chi connectivity index (χ4v) is 6.73. The fourth-order valence-electron chi connectivity index (χ4n) is 5.52. The largest absolute Gasteiger partial charge is 0.379 e. The highest BCUT2D eigenvalue weighted by atomic mass is 32.1. The second-order valence-electron chi connectivity index (χ2n) is 10.7. The van der Waals surface area contributed by atoms with Crippen LogP contribution in [0.4, 0.5) is 4.39 Å². The van der Waals surface area contributed by atoms with Crippen molar-refractivity contribution in [2.45, 2.75) is 19.4 Å². The van der Waals surface area contributed by atoms with Gasteiger partial charge in [-0.1, -0.05) is 66.8 Å². The molecule has 220 valence electrons. The van der Waals surface area contributed by atoms with E-state index in [2.05, 4.69) is 29.2 Å². The molecule has 3 heterocycles. The van der Waals surface area contributed by atoms with Gasteiger partial charge in [0.1, 0.15) is 16.3 Å². The van der Waals surface area contributed by atoms with Gasteiger partial charge in [-0.25, -0.2) is 9.37 Å². The lowest BCUT2D eigenvalue weighted by Crippen LogP contribution is -2.44. The molecule has 1 aliphatic heterocycles. The van der Waals surface area contributed by atoms with Gasteiger partial charge in [0.05, 0.1) is 35.9 Å². The van der Waals surface area contributed by atoms with Gasteiger partial charge in [0, 0.05) is 31.9 Å². The summed E-state index contributed by atoms with van der Waals surface area (Å²) in [6, 6.07) is 26.2. The smallest absolute Gasteiger partial charge is 0.227 e. The average molecular weight is 613 g/mol. The van der Waals surface area contributed by atoms with Gasteiger partial charge < -0.3 is 9.64 Å². The summed E-state index contributed by atoms with van der Waals surface area (Å²) < 4.78 is 22.8. The molecule has 2 aromatic heterocycles. The lowest BCUT2D eigenvalue weighted by Gasteiger charge is -2.34. The van der Waals surface area contributed by atoms with Crippen molar-refractivity contribution in [3.8, 4) is 16.8 Å².